The lowest BCUT2D eigenvalue weighted by atomic mass is 10.0. The summed E-state index contributed by atoms with van der Waals surface area (Å²) in [5, 5.41) is 12.9. The third-order valence-corrected chi connectivity index (χ3v) is 6.33. The molecular weight excluding hydrogens is 458 g/mol. The standard InChI is InChI=1S/C28H37N3O5/c1-4-5-6-7-8-9-10-22-11-14-24(15-12-22)35-19-26(32)20(2)31-17-23(13-16-27(33)34)25(18-31)28-29-21(3)30-36-28/h11-12,14-15,17-18,20H,4-10,13,16,19H2,1-3H3,(H,33,34). The van der Waals surface area contributed by atoms with Crippen molar-refractivity contribution in [2.24, 2.45) is 0 Å². The third-order valence-electron chi connectivity index (χ3n) is 6.33. The van der Waals surface area contributed by atoms with Crippen molar-refractivity contribution in [2.75, 3.05) is 6.61 Å². The number of ether oxygens (including phenoxy) is 1. The van der Waals surface area contributed by atoms with E-state index in [0.29, 0.717) is 29.4 Å². The molecule has 0 bridgehead atoms. The number of Topliss-reactive ketones (excluding diaryl/α,β-unsaturated/α-hetero) is 1. The van der Waals surface area contributed by atoms with Crippen LogP contribution < -0.4 is 4.74 Å². The van der Waals surface area contributed by atoms with E-state index in [-0.39, 0.29) is 18.8 Å². The van der Waals surface area contributed by atoms with Gasteiger partial charge in [0.25, 0.3) is 5.89 Å². The van der Waals surface area contributed by atoms with Crippen molar-refractivity contribution in [3.63, 3.8) is 0 Å². The molecule has 0 saturated carbocycles. The van der Waals surface area contributed by atoms with E-state index in [1.54, 1.807) is 30.8 Å². The van der Waals surface area contributed by atoms with Gasteiger partial charge < -0.3 is 18.9 Å². The third kappa shape index (κ3) is 8.07. The smallest absolute Gasteiger partial charge is 0.303 e. The van der Waals surface area contributed by atoms with Gasteiger partial charge >= 0.3 is 5.97 Å². The Hall–Kier alpha value is -3.42. The number of carbonyl (C=O) groups is 2. The summed E-state index contributed by atoms with van der Waals surface area (Å²) < 4.78 is 12.8. The Morgan fingerprint density at radius 2 is 1.78 bits per heavy atom. The van der Waals surface area contributed by atoms with Gasteiger partial charge in [0.2, 0.25) is 0 Å². The monoisotopic (exact) mass is 495 g/mol. The molecule has 1 atom stereocenters. The van der Waals surface area contributed by atoms with Gasteiger partial charge in [0, 0.05) is 18.8 Å². The van der Waals surface area contributed by atoms with Crippen LogP contribution in [0.25, 0.3) is 11.5 Å². The molecule has 1 unspecified atom stereocenters. The fourth-order valence-corrected chi connectivity index (χ4v) is 4.09. The molecule has 0 amide bonds. The van der Waals surface area contributed by atoms with Gasteiger partial charge in [0.05, 0.1) is 11.6 Å². The number of carbonyl (C=O) groups excluding carboxylic acids is 1. The summed E-state index contributed by atoms with van der Waals surface area (Å²) in [6, 6.07) is 7.46. The first-order chi connectivity index (χ1) is 17.4. The highest BCUT2D eigenvalue weighted by molar-refractivity contribution is 5.84. The lowest BCUT2D eigenvalue weighted by Gasteiger charge is -2.13. The summed E-state index contributed by atoms with van der Waals surface area (Å²) in [5.74, 6) is 0.463. The molecule has 0 aliphatic carbocycles. The normalized spacial score (nSPS) is 12.0. The van der Waals surface area contributed by atoms with Gasteiger partial charge in [-0.3, -0.25) is 9.59 Å². The Labute approximate surface area is 212 Å². The molecule has 8 heteroatoms. The molecule has 194 valence electrons. The summed E-state index contributed by atoms with van der Waals surface area (Å²) in [5.41, 5.74) is 2.66. The van der Waals surface area contributed by atoms with Crippen LogP contribution in [-0.4, -0.2) is 38.2 Å². The molecule has 0 saturated heterocycles. The predicted molar refractivity (Wildman–Crippen MR) is 137 cm³/mol. The lowest BCUT2D eigenvalue weighted by Crippen LogP contribution is -2.21. The van der Waals surface area contributed by atoms with Crippen LogP contribution in [-0.2, 0) is 22.4 Å². The molecule has 2 heterocycles. The van der Waals surface area contributed by atoms with Gasteiger partial charge in [0.15, 0.2) is 11.6 Å². The number of aromatic nitrogens is 3. The maximum atomic E-state index is 12.9. The van der Waals surface area contributed by atoms with E-state index in [4.69, 9.17) is 14.4 Å². The molecular formula is C28H37N3O5. The van der Waals surface area contributed by atoms with Crippen molar-refractivity contribution >= 4 is 11.8 Å². The van der Waals surface area contributed by atoms with Crippen molar-refractivity contribution < 1.29 is 24.0 Å². The topological polar surface area (TPSA) is 107 Å². The first kappa shape index (κ1) is 27.2. The Balaban J connectivity index is 1.55. The molecule has 0 spiro atoms. The summed E-state index contributed by atoms with van der Waals surface area (Å²) in [7, 11) is 0. The Morgan fingerprint density at radius 3 is 2.44 bits per heavy atom. The molecule has 3 aromatic rings. The van der Waals surface area contributed by atoms with E-state index in [1.165, 1.54) is 44.1 Å². The van der Waals surface area contributed by atoms with Crippen LogP contribution in [0.5, 0.6) is 5.75 Å². The molecule has 1 N–H and O–H groups in total. The molecule has 0 aliphatic rings. The summed E-state index contributed by atoms with van der Waals surface area (Å²) in [6.07, 6.45) is 12.5. The Bertz CT molecular complexity index is 1120. The Kier molecular flexibility index (Phi) is 10.3. The molecule has 0 fully saturated rings. The minimum Gasteiger partial charge on any atom is -0.486 e. The molecule has 1 aromatic carbocycles. The number of hydrogen-bond acceptors (Lipinski definition) is 6. The average Bonchev–Trinajstić information content (AvgIpc) is 3.49. The van der Waals surface area contributed by atoms with Gasteiger partial charge in [-0.1, -0.05) is 56.3 Å². The zero-order valence-electron chi connectivity index (χ0n) is 21.5. The molecule has 2 aromatic heterocycles. The van der Waals surface area contributed by atoms with Crippen LogP contribution in [0.4, 0.5) is 0 Å². The SMILES string of the molecule is CCCCCCCCc1ccc(OCC(=O)C(C)n2cc(CCC(=O)O)c(-c3nc(C)no3)c2)cc1. The van der Waals surface area contributed by atoms with Crippen LogP contribution in [0, 0.1) is 6.92 Å². The summed E-state index contributed by atoms with van der Waals surface area (Å²) in [4.78, 5) is 28.2. The van der Waals surface area contributed by atoms with Crippen LogP contribution in [0.3, 0.4) is 0 Å². The number of carboxylic acid groups (broad SMARTS) is 1. The largest absolute Gasteiger partial charge is 0.486 e. The molecule has 0 aliphatic heterocycles. The number of benzene rings is 1. The van der Waals surface area contributed by atoms with Gasteiger partial charge in [-0.2, -0.15) is 4.98 Å². The van der Waals surface area contributed by atoms with Crippen LogP contribution in [0.2, 0.25) is 0 Å². The number of ketones is 1. The van der Waals surface area contributed by atoms with Crippen molar-refractivity contribution in [1.82, 2.24) is 14.7 Å². The fourth-order valence-electron chi connectivity index (χ4n) is 4.09. The maximum absolute atomic E-state index is 12.9. The number of aryl methyl sites for hydroxylation is 3. The molecule has 36 heavy (non-hydrogen) atoms. The minimum absolute atomic E-state index is 0.0373. The molecule has 3 rings (SSSR count). The Morgan fingerprint density at radius 1 is 1.06 bits per heavy atom. The van der Waals surface area contributed by atoms with Gasteiger partial charge in [0.1, 0.15) is 12.4 Å². The second-order valence-corrected chi connectivity index (χ2v) is 9.28. The van der Waals surface area contributed by atoms with E-state index in [1.807, 2.05) is 12.1 Å². The number of aliphatic carboxylic acids is 1. The lowest BCUT2D eigenvalue weighted by molar-refractivity contribution is -0.137. The van der Waals surface area contributed by atoms with Crippen molar-refractivity contribution in [3.8, 4) is 17.2 Å². The number of carboxylic acids is 1. The highest BCUT2D eigenvalue weighted by atomic mass is 16.5. The van der Waals surface area contributed by atoms with E-state index in [0.717, 1.165) is 12.0 Å². The van der Waals surface area contributed by atoms with E-state index in [2.05, 4.69) is 29.2 Å². The van der Waals surface area contributed by atoms with Crippen LogP contribution in [0.1, 0.15) is 81.8 Å². The zero-order chi connectivity index (χ0) is 25.9. The second kappa shape index (κ2) is 13.6. The highest BCUT2D eigenvalue weighted by Crippen LogP contribution is 2.27. The first-order valence-electron chi connectivity index (χ1n) is 12.8. The summed E-state index contributed by atoms with van der Waals surface area (Å²) in [6.45, 7) is 5.67. The minimum atomic E-state index is -0.897. The number of hydrogen-bond donors (Lipinski definition) is 1. The molecule has 8 nitrogen and oxygen atoms in total. The molecule has 0 radical (unpaired) electrons. The average molecular weight is 496 g/mol. The van der Waals surface area contributed by atoms with Crippen molar-refractivity contribution in [1.29, 1.82) is 0 Å². The van der Waals surface area contributed by atoms with E-state index in [9.17, 15) is 9.59 Å². The maximum Gasteiger partial charge on any atom is 0.303 e. The van der Waals surface area contributed by atoms with Gasteiger partial charge in [-0.25, -0.2) is 0 Å². The fraction of sp³-hybridized carbons (Fsp3) is 0.500. The van der Waals surface area contributed by atoms with Gasteiger partial charge in [-0.05, 0) is 56.4 Å². The van der Waals surface area contributed by atoms with E-state index < -0.39 is 12.0 Å². The predicted octanol–water partition coefficient (Wildman–Crippen LogP) is 5.98. The zero-order valence-corrected chi connectivity index (χ0v) is 21.5. The first-order valence-corrected chi connectivity index (χ1v) is 12.8. The second-order valence-electron chi connectivity index (χ2n) is 9.28. The summed E-state index contributed by atoms with van der Waals surface area (Å²) >= 11 is 0. The van der Waals surface area contributed by atoms with E-state index >= 15 is 0 Å². The number of unbranched alkanes of at least 4 members (excludes halogenated alkanes) is 5. The number of rotatable bonds is 16. The van der Waals surface area contributed by atoms with Crippen molar-refractivity contribution in [3.05, 3.63) is 53.6 Å². The number of nitrogens with zero attached hydrogens (tertiary/aromatic N) is 3. The quantitative estimate of drug-likeness (QED) is 0.244. The van der Waals surface area contributed by atoms with Crippen LogP contribution in [0.15, 0.2) is 41.2 Å². The van der Waals surface area contributed by atoms with Gasteiger partial charge in [-0.15, -0.1) is 0 Å². The van der Waals surface area contributed by atoms with Crippen LogP contribution >= 0.6 is 0 Å². The highest BCUT2D eigenvalue weighted by Gasteiger charge is 2.21. The van der Waals surface area contributed by atoms with Crippen molar-refractivity contribution in [2.45, 2.75) is 84.6 Å².